The van der Waals surface area contributed by atoms with Crippen LogP contribution in [0.15, 0.2) is 14.1 Å². The van der Waals surface area contributed by atoms with E-state index in [4.69, 9.17) is 0 Å². The van der Waals surface area contributed by atoms with Gasteiger partial charge in [-0.3, -0.25) is 4.79 Å². The Hall–Kier alpha value is -0.440. The van der Waals surface area contributed by atoms with Gasteiger partial charge in [-0.15, -0.1) is 11.3 Å². The molecule has 5 nitrogen and oxygen atoms in total. The van der Waals surface area contributed by atoms with Crippen molar-refractivity contribution in [1.29, 1.82) is 0 Å². The Kier molecular flexibility index (Phi) is 5.45. The predicted molar refractivity (Wildman–Crippen MR) is 86.9 cm³/mol. The Morgan fingerprint density at radius 1 is 1.48 bits per heavy atom. The second kappa shape index (κ2) is 6.76. The molecule has 0 saturated carbocycles. The molecule has 8 heteroatoms. The third kappa shape index (κ3) is 3.67. The number of nitrogens with zero attached hydrogens (tertiary/aromatic N) is 1. The van der Waals surface area contributed by atoms with Crippen molar-refractivity contribution in [3.8, 4) is 0 Å². The fraction of sp³-hybridized carbons (Fsp3) is 0.615. The quantitative estimate of drug-likeness (QED) is 0.851. The molecule has 0 bridgehead atoms. The van der Waals surface area contributed by atoms with Crippen LogP contribution in [0.25, 0.3) is 0 Å². The normalized spacial score (nSPS) is 17.9. The molecule has 0 atom stereocenters. The molecule has 0 spiro atoms. The zero-order valence-corrected chi connectivity index (χ0v) is 15.3. The highest BCUT2D eigenvalue weighted by molar-refractivity contribution is 9.11. The van der Waals surface area contributed by atoms with Crippen LogP contribution in [0.4, 0.5) is 0 Å². The molecule has 0 aliphatic carbocycles. The monoisotopic (exact) mass is 394 g/mol. The molecule has 1 aromatic rings. The molecule has 1 amide bonds. The Bertz CT molecular complexity index is 600. The first-order valence-corrected chi connectivity index (χ1v) is 9.95. The van der Waals surface area contributed by atoms with Crippen LogP contribution >= 0.6 is 27.3 Å². The number of halogens is 1. The Morgan fingerprint density at radius 3 is 2.57 bits per heavy atom. The summed E-state index contributed by atoms with van der Waals surface area (Å²) in [6, 6.07) is 1.69. The second-order valence-electron chi connectivity index (χ2n) is 5.10. The summed E-state index contributed by atoms with van der Waals surface area (Å²) in [6.07, 6.45) is 1.16. The van der Waals surface area contributed by atoms with Gasteiger partial charge in [0.2, 0.25) is 5.91 Å². The van der Waals surface area contributed by atoms with E-state index in [2.05, 4.69) is 21.2 Å². The van der Waals surface area contributed by atoms with Gasteiger partial charge in [0.15, 0.2) is 0 Å². The van der Waals surface area contributed by atoms with Crippen molar-refractivity contribution in [1.82, 2.24) is 9.62 Å². The van der Waals surface area contributed by atoms with Crippen molar-refractivity contribution < 1.29 is 13.2 Å². The number of carbonyl (C=O) groups excluding carboxylic acids is 1. The zero-order chi connectivity index (χ0) is 15.6. The predicted octanol–water partition coefficient (Wildman–Crippen LogP) is 2.36. The number of sulfonamides is 1. The Labute approximate surface area is 137 Å². The molecule has 1 aromatic heterocycles. The maximum atomic E-state index is 12.6. The van der Waals surface area contributed by atoms with E-state index in [-0.39, 0.29) is 11.8 Å². The van der Waals surface area contributed by atoms with E-state index in [0.29, 0.717) is 36.7 Å². The minimum absolute atomic E-state index is 0.0317. The third-order valence-corrected chi connectivity index (χ3v) is 8.09. The molecule has 0 radical (unpaired) electrons. The van der Waals surface area contributed by atoms with Crippen LogP contribution in [0, 0.1) is 12.8 Å². The highest BCUT2D eigenvalue weighted by atomic mass is 79.9. The van der Waals surface area contributed by atoms with Crippen molar-refractivity contribution >= 4 is 43.2 Å². The van der Waals surface area contributed by atoms with Gasteiger partial charge in [-0.25, -0.2) is 8.42 Å². The summed E-state index contributed by atoms with van der Waals surface area (Å²) >= 11 is 4.60. The van der Waals surface area contributed by atoms with Crippen molar-refractivity contribution in [3.63, 3.8) is 0 Å². The summed E-state index contributed by atoms with van der Waals surface area (Å²) in [7, 11) is -3.43. The molecule has 2 rings (SSSR count). The summed E-state index contributed by atoms with van der Waals surface area (Å²) in [5.74, 6) is -0.0440. The lowest BCUT2D eigenvalue weighted by Crippen LogP contribution is -2.42. The van der Waals surface area contributed by atoms with Crippen molar-refractivity contribution in [2.75, 3.05) is 19.6 Å². The van der Waals surface area contributed by atoms with Gasteiger partial charge < -0.3 is 5.32 Å². The van der Waals surface area contributed by atoms with Gasteiger partial charge >= 0.3 is 0 Å². The number of hydrogen-bond donors (Lipinski definition) is 1. The minimum atomic E-state index is -3.43. The Morgan fingerprint density at radius 2 is 2.10 bits per heavy atom. The lowest BCUT2D eigenvalue weighted by atomic mass is 9.97. The maximum Gasteiger partial charge on any atom is 0.252 e. The number of nitrogens with one attached hydrogen (secondary N) is 1. The first kappa shape index (κ1) is 16.9. The smallest absolute Gasteiger partial charge is 0.252 e. The van der Waals surface area contributed by atoms with E-state index in [1.165, 1.54) is 15.6 Å². The first-order chi connectivity index (χ1) is 9.86. The van der Waals surface area contributed by atoms with Gasteiger partial charge in [0.1, 0.15) is 4.21 Å². The summed E-state index contributed by atoms with van der Waals surface area (Å²) in [6.45, 7) is 5.17. The van der Waals surface area contributed by atoms with E-state index in [1.54, 1.807) is 6.07 Å². The number of rotatable bonds is 4. The highest BCUT2D eigenvalue weighted by Gasteiger charge is 2.32. The summed E-state index contributed by atoms with van der Waals surface area (Å²) in [5, 5.41) is 2.80. The molecule has 1 fully saturated rings. The van der Waals surface area contributed by atoms with Gasteiger partial charge in [-0.2, -0.15) is 4.31 Å². The van der Waals surface area contributed by atoms with E-state index < -0.39 is 10.0 Å². The van der Waals surface area contributed by atoms with E-state index in [9.17, 15) is 13.2 Å². The number of amides is 1. The number of aryl methyl sites for hydroxylation is 1. The number of carbonyl (C=O) groups is 1. The van der Waals surface area contributed by atoms with Crippen molar-refractivity contribution in [2.24, 2.45) is 5.92 Å². The zero-order valence-electron chi connectivity index (χ0n) is 12.1. The van der Waals surface area contributed by atoms with E-state index in [1.807, 2.05) is 13.8 Å². The number of thiophene rings is 1. The molecular formula is C13H19BrN2O3S2. The maximum absolute atomic E-state index is 12.6. The summed E-state index contributed by atoms with van der Waals surface area (Å²) in [4.78, 5) is 11.8. The first-order valence-electron chi connectivity index (χ1n) is 6.90. The van der Waals surface area contributed by atoms with Crippen LogP contribution in [-0.2, 0) is 14.8 Å². The minimum Gasteiger partial charge on any atom is -0.356 e. The second-order valence-corrected chi connectivity index (χ2v) is 9.63. The molecule has 0 aromatic carbocycles. The largest absolute Gasteiger partial charge is 0.356 e. The lowest BCUT2D eigenvalue weighted by molar-refractivity contribution is -0.126. The molecule has 1 saturated heterocycles. The van der Waals surface area contributed by atoms with Gasteiger partial charge in [0.05, 0.1) is 3.79 Å². The van der Waals surface area contributed by atoms with E-state index in [0.717, 1.165) is 9.35 Å². The summed E-state index contributed by atoms with van der Waals surface area (Å²) in [5.41, 5.74) is 0.927. The van der Waals surface area contributed by atoms with Gasteiger partial charge in [0.25, 0.3) is 10.0 Å². The standard InChI is InChI=1S/C13H19BrN2O3S2/c1-3-15-13(17)10-4-6-16(7-5-10)21(18,19)11-8-9(2)12(14)20-11/h8,10H,3-7H2,1-2H3,(H,15,17). The fourth-order valence-corrected chi connectivity index (χ4v) is 6.21. The number of piperidine rings is 1. The Balaban J connectivity index is 2.06. The molecule has 0 unspecified atom stereocenters. The molecular weight excluding hydrogens is 376 g/mol. The summed E-state index contributed by atoms with van der Waals surface area (Å²) < 4.78 is 27.8. The van der Waals surface area contributed by atoms with Gasteiger partial charge in [-0.05, 0) is 54.2 Å². The van der Waals surface area contributed by atoms with Crippen LogP contribution in [0.5, 0.6) is 0 Å². The molecule has 118 valence electrons. The van der Waals surface area contributed by atoms with Crippen LogP contribution < -0.4 is 5.32 Å². The average Bonchev–Trinajstić information content (AvgIpc) is 2.80. The van der Waals surface area contributed by atoms with Gasteiger partial charge in [-0.1, -0.05) is 0 Å². The van der Waals surface area contributed by atoms with Crippen LogP contribution in [-0.4, -0.2) is 38.3 Å². The van der Waals surface area contributed by atoms with Gasteiger partial charge in [0, 0.05) is 25.6 Å². The van der Waals surface area contributed by atoms with Crippen molar-refractivity contribution in [3.05, 3.63) is 15.4 Å². The number of hydrogen-bond acceptors (Lipinski definition) is 4. The molecule has 21 heavy (non-hydrogen) atoms. The van der Waals surface area contributed by atoms with E-state index >= 15 is 0 Å². The SMILES string of the molecule is CCNC(=O)C1CCN(S(=O)(=O)c2cc(C)c(Br)s2)CC1. The molecule has 1 aliphatic heterocycles. The third-order valence-electron chi connectivity index (χ3n) is 3.60. The van der Waals surface area contributed by atoms with Crippen LogP contribution in [0.3, 0.4) is 0 Å². The molecule has 1 aliphatic rings. The topological polar surface area (TPSA) is 66.5 Å². The molecule has 1 N–H and O–H groups in total. The lowest BCUT2D eigenvalue weighted by Gasteiger charge is -2.30. The molecule has 2 heterocycles. The van der Waals surface area contributed by atoms with Crippen LogP contribution in [0.2, 0.25) is 0 Å². The average molecular weight is 395 g/mol. The van der Waals surface area contributed by atoms with Crippen molar-refractivity contribution in [2.45, 2.75) is 30.9 Å². The highest BCUT2D eigenvalue weighted by Crippen LogP contribution is 2.33. The fourth-order valence-electron chi connectivity index (χ4n) is 2.36. The van der Waals surface area contributed by atoms with Crippen LogP contribution in [0.1, 0.15) is 25.3 Å².